The second-order valence-electron chi connectivity index (χ2n) is 4.12. The summed E-state index contributed by atoms with van der Waals surface area (Å²) >= 11 is 6.21. The van der Waals surface area contributed by atoms with Crippen LogP contribution in [0.15, 0.2) is 6.07 Å². The van der Waals surface area contributed by atoms with Crippen molar-refractivity contribution in [1.82, 2.24) is 0 Å². The van der Waals surface area contributed by atoms with E-state index in [0.717, 1.165) is 12.0 Å². The maximum atomic E-state index is 6.21. The van der Waals surface area contributed by atoms with Gasteiger partial charge < -0.3 is 14.2 Å². The average Bonchev–Trinajstić information content (AvgIpc) is 2.38. The Bertz CT molecular complexity index is 500. The summed E-state index contributed by atoms with van der Waals surface area (Å²) in [6.45, 7) is 3.88. The first-order chi connectivity index (χ1) is 9.08. The molecule has 1 atom stereocenters. The molecule has 104 valence electrons. The normalized spacial score (nSPS) is 11.3. The number of halogens is 1. The van der Waals surface area contributed by atoms with Crippen molar-refractivity contribution in [2.24, 2.45) is 5.92 Å². The molecule has 0 saturated heterocycles. The van der Waals surface area contributed by atoms with Gasteiger partial charge in [0.15, 0.2) is 11.5 Å². The molecule has 3 nitrogen and oxygen atoms in total. The van der Waals surface area contributed by atoms with E-state index in [1.807, 2.05) is 13.0 Å². The highest BCUT2D eigenvalue weighted by molar-refractivity contribution is 6.32. The van der Waals surface area contributed by atoms with Gasteiger partial charge in [0.2, 0.25) is 5.75 Å². The molecule has 0 fully saturated rings. The molecule has 0 heterocycles. The molecule has 1 unspecified atom stereocenters. The summed E-state index contributed by atoms with van der Waals surface area (Å²) in [6.07, 6.45) is 0.740. The van der Waals surface area contributed by atoms with Gasteiger partial charge in [-0.25, -0.2) is 0 Å². The number of ether oxygens (including phenoxy) is 3. The lowest BCUT2D eigenvalue weighted by Crippen LogP contribution is -2.03. The van der Waals surface area contributed by atoms with E-state index >= 15 is 0 Å². The Morgan fingerprint density at radius 2 is 1.68 bits per heavy atom. The second-order valence-corrected chi connectivity index (χ2v) is 4.52. The van der Waals surface area contributed by atoms with Crippen molar-refractivity contribution < 1.29 is 14.2 Å². The minimum absolute atomic E-state index is 0.216. The highest BCUT2D eigenvalue weighted by atomic mass is 35.5. The Balaban J connectivity index is 3.30. The molecule has 0 bridgehead atoms. The van der Waals surface area contributed by atoms with E-state index in [2.05, 4.69) is 18.8 Å². The fourth-order valence-electron chi connectivity index (χ4n) is 2.02. The van der Waals surface area contributed by atoms with Crippen LogP contribution in [-0.4, -0.2) is 21.3 Å². The van der Waals surface area contributed by atoms with Crippen LogP contribution in [-0.2, 0) is 6.42 Å². The van der Waals surface area contributed by atoms with Crippen molar-refractivity contribution in [3.05, 3.63) is 16.7 Å². The van der Waals surface area contributed by atoms with Crippen molar-refractivity contribution in [3.8, 4) is 29.1 Å². The molecule has 0 radical (unpaired) electrons. The van der Waals surface area contributed by atoms with Gasteiger partial charge in [0.05, 0.1) is 26.4 Å². The first kappa shape index (κ1) is 15.5. The van der Waals surface area contributed by atoms with Crippen LogP contribution < -0.4 is 14.2 Å². The Labute approximate surface area is 119 Å². The third-order valence-electron chi connectivity index (χ3n) is 2.75. The molecular weight excluding hydrogens is 264 g/mol. The summed E-state index contributed by atoms with van der Waals surface area (Å²) in [4.78, 5) is 0. The number of methoxy groups -OCH3 is 3. The highest BCUT2D eigenvalue weighted by Crippen LogP contribution is 2.45. The number of hydrogen-bond acceptors (Lipinski definition) is 3. The van der Waals surface area contributed by atoms with Crippen LogP contribution in [0.4, 0.5) is 0 Å². The molecule has 0 N–H and O–H groups in total. The smallest absolute Gasteiger partial charge is 0.205 e. The minimum atomic E-state index is 0.216. The van der Waals surface area contributed by atoms with E-state index in [4.69, 9.17) is 25.8 Å². The number of benzene rings is 1. The van der Waals surface area contributed by atoms with E-state index in [0.29, 0.717) is 22.3 Å². The minimum Gasteiger partial charge on any atom is -0.492 e. The molecule has 19 heavy (non-hydrogen) atoms. The van der Waals surface area contributed by atoms with Crippen LogP contribution in [0.5, 0.6) is 17.2 Å². The molecule has 1 aromatic carbocycles. The standard InChI is InChI=1S/C15H19ClO3/c1-6-7-10(2)8-11-9-12(16)14(18-4)15(19-5)13(11)17-3/h9-10H,8H2,1-5H3. The fraction of sp³-hybridized carbons (Fsp3) is 0.467. The van der Waals surface area contributed by atoms with Gasteiger partial charge in [-0.15, -0.1) is 11.8 Å². The third kappa shape index (κ3) is 3.48. The molecule has 0 aromatic heterocycles. The fourth-order valence-corrected chi connectivity index (χ4v) is 2.31. The molecule has 0 aliphatic carbocycles. The molecule has 0 aliphatic heterocycles. The predicted molar refractivity (Wildman–Crippen MR) is 77.4 cm³/mol. The van der Waals surface area contributed by atoms with Crippen LogP contribution in [0.2, 0.25) is 5.02 Å². The van der Waals surface area contributed by atoms with Gasteiger partial charge >= 0.3 is 0 Å². The zero-order chi connectivity index (χ0) is 14.4. The summed E-state index contributed by atoms with van der Waals surface area (Å²) in [6, 6.07) is 1.84. The van der Waals surface area contributed by atoms with Crippen molar-refractivity contribution in [1.29, 1.82) is 0 Å². The summed E-state index contributed by atoms with van der Waals surface area (Å²) in [5.74, 6) is 7.89. The molecule has 1 aromatic rings. The van der Waals surface area contributed by atoms with Crippen LogP contribution >= 0.6 is 11.6 Å². The maximum absolute atomic E-state index is 6.21. The van der Waals surface area contributed by atoms with Gasteiger partial charge in [-0.05, 0) is 19.4 Å². The second kappa shape index (κ2) is 7.16. The van der Waals surface area contributed by atoms with Crippen LogP contribution in [0.1, 0.15) is 19.4 Å². The predicted octanol–water partition coefficient (Wildman–Crippen LogP) is 3.57. The lowest BCUT2D eigenvalue weighted by Gasteiger charge is -2.17. The Morgan fingerprint density at radius 1 is 1.11 bits per heavy atom. The van der Waals surface area contributed by atoms with Gasteiger partial charge in [-0.2, -0.15) is 0 Å². The van der Waals surface area contributed by atoms with Gasteiger partial charge in [-0.3, -0.25) is 0 Å². The van der Waals surface area contributed by atoms with E-state index in [-0.39, 0.29) is 5.92 Å². The lowest BCUT2D eigenvalue weighted by atomic mass is 10.00. The van der Waals surface area contributed by atoms with Crippen molar-refractivity contribution in [3.63, 3.8) is 0 Å². The summed E-state index contributed by atoms with van der Waals surface area (Å²) in [5.41, 5.74) is 0.959. The number of hydrogen-bond donors (Lipinski definition) is 0. The quantitative estimate of drug-likeness (QED) is 0.773. The zero-order valence-corrected chi connectivity index (χ0v) is 12.7. The Morgan fingerprint density at radius 3 is 2.16 bits per heavy atom. The average molecular weight is 283 g/mol. The largest absolute Gasteiger partial charge is 0.492 e. The Hall–Kier alpha value is -1.53. The topological polar surface area (TPSA) is 27.7 Å². The molecular formula is C15H19ClO3. The highest BCUT2D eigenvalue weighted by Gasteiger charge is 2.20. The first-order valence-corrected chi connectivity index (χ1v) is 6.36. The van der Waals surface area contributed by atoms with Crippen molar-refractivity contribution in [2.75, 3.05) is 21.3 Å². The van der Waals surface area contributed by atoms with Gasteiger partial charge in [-0.1, -0.05) is 18.5 Å². The van der Waals surface area contributed by atoms with Gasteiger partial charge in [0.25, 0.3) is 0 Å². The van der Waals surface area contributed by atoms with E-state index in [9.17, 15) is 0 Å². The molecule has 1 rings (SSSR count). The summed E-state index contributed by atoms with van der Waals surface area (Å²) in [7, 11) is 4.72. The number of rotatable bonds is 5. The summed E-state index contributed by atoms with van der Waals surface area (Å²) < 4.78 is 16.0. The summed E-state index contributed by atoms with van der Waals surface area (Å²) in [5, 5.41) is 0.506. The first-order valence-electron chi connectivity index (χ1n) is 5.98. The Kier molecular flexibility index (Phi) is 5.85. The van der Waals surface area contributed by atoms with Crippen LogP contribution in [0.25, 0.3) is 0 Å². The van der Waals surface area contributed by atoms with Crippen LogP contribution in [0, 0.1) is 17.8 Å². The SMILES string of the molecule is CC#CC(C)Cc1cc(Cl)c(OC)c(OC)c1OC. The molecule has 0 saturated carbocycles. The molecule has 0 spiro atoms. The molecule has 4 heteroatoms. The van der Waals surface area contributed by atoms with Crippen molar-refractivity contribution in [2.45, 2.75) is 20.3 Å². The van der Waals surface area contributed by atoms with Gasteiger partial charge in [0.1, 0.15) is 0 Å². The monoisotopic (exact) mass is 282 g/mol. The molecule has 0 aliphatic rings. The lowest BCUT2D eigenvalue weighted by molar-refractivity contribution is 0.322. The van der Waals surface area contributed by atoms with Crippen LogP contribution in [0.3, 0.4) is 0 Å². The third-order valence-corrected chi connectivity index (χ3v) is 3.03. The van der Waals surface area contributed by atoms with E-state index in [1.165, 1.54) is 0 Å². The van der Waals surface area contributed by atoms with Crippen molar-refractivity contribution >= 4 is 11.6 Å². The van der Waals surface area contributed by atoms with E-state index < -0.39 is 0 Å². The maximum Gasteiger partial charge on any atom is 0.205 e. The van der Waals surface area contributed by atoms with Gasteiger partial charge in [0, 0.05) is 11.5 Å². The molecule has 0 amide bonds. The zero-order valence-electron chi connectivity index (χ0n) is 12.0. The van der Waals surface area contributed by atoms with E-state index in [1.54, 1.807) is 21.3 Å².